The minimum Gasteiger partial charge on any atom is -0.311 e. The van der Waals surface area contributed by atoms with Crippen molar-refractivity contribution in [3.8, 4) is 61.3 Å². The lowest BCUT2D eigenvalue weighted by Gasteiger charge is -2.26. The van der Waals surface area contributed by atoms with Crippen LogP contribution >= 0.6 is 0 Å². The van der Waals surface area contributed by atoms with E-state index < -0.39 is 0 Å². The first kappa shape index (κ1) is 41.0. The number of hydrogen-bond acceptors (Lipinski definition) is 1. The lowest BCUT2D eigenvalue weighted by atomic mass is 9.92. The summed E-state index contributed by atoms with van der Waals surface area (Å²) in [5.74, 6) is 0. The van der Waals surface area contributed by atoms with E-state index in [1.165, 1.54) is 105 Å². The third-order valence-electron chi connectivity index (χ3n) is 14.0. The van der Waals surface area contributed by atoms with Gasteiger partial charge in [0.2, 0.25) is 0 Å². The molecule has 0 radical (unpaired) electrons. The summed E-state index contributed by atoms with van der Waals surface area (Å²) in [6, 6.07) is 102. The predicted molar refractivity (Wildman–Crippen MR) is 298 cm³/mol. The van der Waals surface area contributed by atoms with Crippen molar-refractivity contribution in [1.82, 2.24) is 4.57 Å². The molecular weight excluding hydrogens is 845 g/mol. The fourth-order valence-electron chi connectivity index (χ4n) is 10.6. The Hall–Kier alpha value is -9.24. The zero-order valence-corrected chi connectivity index (χ0v) is 38.5. The van der Waals surface area contributed by atoms with E-state index in [1.807, 2.05) is 0 Å². The van der Waals surface area contributed by atoms with Gasteiger partial charge in [-0.3, -0.25) is 0 Å². The second-order valence-corrected chi connectivity index (χ2v) is 18.1. The average molecular weight is 891 g/mol. The summed E-state index contributed by atoms with van der Waals surface area (Å²) in [7, 11) is 0. The summed E-state index contributed by atoms with van der Waals surface area (Å²) in [4.78, 5) is 2.36. The molecule has 13 rings (SSSR count). The molecule has 2 nitrogen and oxygen atoms in total. The molecule has 0 saturated carbocycles. The van der Waals surface area contributed by atoms with Crippen molar-refractivity contribution >= 4 is 60.4 Å². The molecule has 0 N–H and O–H groups in total. The zero-order chi connectivity index (χ0) is 46.4. The second-order valence-electron chi connectivity index (χ2n) is 18.1. The number of benzene rings is 12. The Labute approximate surface area is 408 Å². The van der Waals surface area contributed by atoms with Crippen LogP contribution in [-0.2, 0) is 0 Å². The summed E-state index contributed by atoms with van der Waals surface area (Å²) in [6.45, 7) is 0. The van der Waals surface area contributed by atoms with Crippen LogP contribution in [-0.4, -0.2) is 4.57 Å². The maximum absolute atomic E-state index is 2.41. The zero-order valence-electron chi connectivity index (χ0n) is 38.5. The molecule has 12 aromatic carbocycles. The van der Waals surface area contributed by atoms with E-state index in [9.17, 15) is 0 Å². The average Bonchev–Trinajstić information content (AvgIpc) is 3.78. The van der Waals surface area contributed by atoms with Crippen LogP contribution in [0.4, 0.5) is 17.1 Å². The topological polar surface area (TPSA) is 8.17 Å². The Morgan fingerprint density at radius 1 is 0.229 bits per heavy atom. The molecule has 0 unspecified atom stereocenters. The molecule has 1 aromatic heterocycles. The molecule has 0 fully saturated rings. The molecule has 0 amide bonds. The second kappa shape index (κ2) is 17.4. The van der Waals surface area contributed by atoms with Gasteiger partial charge in [-0.1, -0.05) is 218 Å². The molecule has 70 heavy (non-hydrogen) atoms. The van der Waals surface area contributed by atoms with Gasteiger partial charge in [0, 0.05) is 33.4 Å². The molecule has 0 aliphatic rings. The molecule has 0 atom stereocenters. The Balaban J connectivity index is 0.844. The lowest BCUT2D eigenvalue weighted by molar-refractivity contribution is 1.18. The van der Waals surface area contributed by atoms with Gasteiger partial charge in [0.1, 0.15) is 0 Å². The number of aromatic nitrogens is 1. The first-order chi connectivity index (χ1) is 34.7. The van der Waals surface area contributed by atoms with E-state index >= 15 is 0 Å². The van der Waals surface area contributed by atoms with Crippen LogP contribution in [0.15, 0.2) is 279 Å². The Kier molecular flexibility index (Phi) is 10.2. The SMILES string of the molecule is c1ccc(-c2ccc(-c3ccc(N(c4ccc(-c5ccc(-c6ccccc6-n6c7ccccc7c7ccccc76)cc5)cc4)c4ccc(-c5ccc6ccccc6c5)cc4)cc3)c3ccccc23)cc1. The lowest BCUT2D eigenvalue weighted by Crippen LogP contribution is -2.09. The van der Waals surface area contributed by atoms with E-state index in [0.29, 0.717) is 0 Å². The van der Waals surface area contributed by atoms with Crippen LogP contribution < -0.4 is 4.90 Å². The van der Waals surface area contributed by atoms with Gasteiger partial charge in [0.25, 0.3) is 0 Å². The standard InChI is InChI=1S/C68H46N2/c1-2-15-51(16-3-1)59-44-45-60(63-20-7-6-19-62(59)63)52-36-42-58(43-37-52)69(57-40-34-50(35-41-57)55-31-28-47-14-4-5-17-54(47)46-55)56-38-32-49(33-39-56)48-26-29-53(30-27-48)61-18-8-11-23-66(61)70-67-24-12-9-21-64(67)65-22-10-13-25-68(65)70/h1-46H. The smallest absolute Gasteiger partial charge is 0.0541 e. The van der Waals surface area contributed by atoms with Crippen LogP contribution in [0.2, 0.25) is 0 Å². The third-order valence-corrected chi connectivity index (χ3v) is 14.0. The van der Waals surface area contributed by atoms with Crippen LogP contribution in [0.1, 0.15) is 0 Å². The van der Waals surface area contributed by atoms with Crippen LogP contribution in [0.5, 0.6) is 0 Å². The highest BCUT2D eigenvalue weighted by molar-refractivity contribution is 6.10. The number of hydrogen-bond donors (Lipinski definition) is 0. The molecule has 1 heterocycles. The van der Waals surface area contributed by atoms with Crippen molar-refractivity contribution in [2.75, 3.05) is 4.90 Å². The Morgan fingerprint density at radius 2 is 0.614 bits per heavy atom. The van der Waals surface area contributed by atoms with Crippen LogP contribution in [0.25, 0.3) is 105 Å². The molecule has 328 valence electrons. The number of para-hydroxylation sites is 3. The van der Waals surface area contributed by atoms with Crippen molar-refractivity contribution in [2.45, 2.75) is 0 Å². The van der Waals surface area contributed by atoms with Gasteiger partial charge in [0.15, 0.2) is 0 Å². The molecule has 0 bridgehead atoms. The molecule has 2 heteroatoms. The number of fused-ring (bicyclic) bond motifs is 5. The first-order valence-electron chi connectivity index (χ1n) is 24.1. The van der Waals surface area contributed by atoms with Gasteiger partial charge < -0.3 is 9.47 Å². The fourth-order valence-corrected chi connectivity index (χ4v) is 10.6. The third kappa shape index (κ3) is 7.31. The molecule has 0 saturated heterocycles. The normalized spacial score (nSPS) is 11.4. The number of anilines is 3. The summed E-state index contributed by atoms with van der Waals surface area (Å²) in [5, 5.41) is 7.51. The van der Waals surface area contributed by atoms with Crippen molar-refractivity contribution < 1.29 is 0 Å². The molecule has 0 spiro atoms. The summed E-state index contributed by atoms with van der Waals surface area (Å²) in [6.07, 6.45) is 0. The molecule has 0 aliphatic heterocycles. The predicted octanol–water partition coefficient (Wildman–Crippen LogP) is 18.9. The van der Waals surface area contributed by atoms with Crippen molar-refractivity contribution in [2.24, 2.45) is 0 Å². The van der Waals surface area contributed by atoms with E-state index in [2.05, 4.69) is 289 Å². The number of rotatable bonds is 9. The van der Waals surface area contributed by atoms with Crippen molar-refractivity contribution in [1.29, 1.82) is 0 Å². The summed E-state index contributed by atoms with van der Waals surface area (Å²) < 4.78 is 2.41. The quantitative estimate of drug-likeness (QED) is 0.140. The minimum atomic E-state index is 1.09. The highest BCUT2D eigenvalue weighted by Crippen LogP contribution is 2.41. The van der Waals surface area contributed by atoms with Gasteiger partial charge in [-0.2, -0.15) is 0 Å². The summed E-state index contributed by atoms with van der Waals surface area (Å²) >= 11 is 0. The minimum absolute atomic E-state index is 1.09. The summed E-state index contributed by atoms with van der Waals surface area (Å²) in [5.41, 5.74) is 18.8. The molecule has 13 aromatic rings. The first-order valence-corrected chi connectivity index (χ1v) is 24.1. The van der Waals surface area contributed by atoms with Gasteiger partial charge in [0.05, 0.1) is 16.7 Å². The largest absolute Gasteiger partial charge is 0.311 e. The Morgan fingerprint density at radius 3 is 1.20 bits per heavy atom. The maximum atomic E-state index is 2.41. The van der Waals surface area contributed by atoms with Crippen molar-refractivity contribution in [3.05, 3.63) is 279 Å². The fraction of sp³-hybridized carbons (Fsp3) is 0. The highest BCUT2D eigenvalue weighted by Gasteiger charge is 2.18. The number of nitrogens with zero attached hydrogens (tertiary/aromatic N) is 2. The van der Waals surface area contributed by atoms with Crippen LogP contribution in [0.3, 0.4) is 0 Å². The van der Waals surface area contributed by atoms with Crippen molar-refractivity contribution in [3.63, 3.8) is 0 Å². The maximum Gasteiger partial charge on any atom is 0.0541 e. The van der Waals surface area contributed by atoms with E-state index in [-0.39, 0.29) is 0 Å². The van der Waals surface area contributed by atoms with E-state index in [1.54, 1.807) is 0 Å². The van der Waals surface area contributed by atoms with Gasteiger partial charge in [-0.15, -0.1) is 0 Å². The monoisotopic (exact) mass is 890 g/mol. The van der Waals surface area contributed by atoms with Gasteiger partial charge >= 0.3 is 0 Å². The Bertz CT molecular complexity index is 3960. The van der Waals surface area contributed by atoms with E-state index in [4.69, 9.17) is 0 Å². The van der Waals surface area contributed by atoms with Gasteiger partial charge in [-0.05, 0) is 132 Å². The molecule has 0 aliphatic carbocycles. The highest BCUT2D eigenvalue weighted by atomic mass is 15.1. The molecular formula is C68H46N2. The van der Waals surface area contributed by atoms with Crippen LogP contribution in [0, 0.1) is 0 Å². The van der Waals surface area contributed by atoms with Gasteiger partial charge in [-0.25, -0.2) is 0 Å². The van der Waals surface area contributed by atoms with E-state index in [0.717, 1.165) is 17.1 Å².